The molecule has 0 bridgehead atoms. The van der Waals surface area contributed by atoms with Crippen molar-refractivity contribution in [1.82, 2.24) is 15.1 Å². The highest BCUT2D eigenvalue weighted by molar-refractivity contribution is 9.10. The molecule has 0 spiro atoms. The largest absolute Gasteiger partial charge is 0.342 e. The molecule has 1 aliphatic heterocycles. The average Bonchev–Trinajstić information content (AvgIpc) is 2.49. The van der Waals surface area contributed by atoms with Gasteiger partial charge >= 0.3 is 6.03 Å². The Hall–Kier alpha value is -1.56. The molecule has 0 radical (unpaired) electrons. The summed E-state index contributed by atoms with van der Waals surface area (Å²) in [4.78, 5) is 26.0. The number of piperazine rings is 1. The molecule has 0 aliphatic carbocycles. The molecule has 1 aromatic carbocycles. The molecule has 1 saturated heterocycles. The topological polar surface area (TPSA) is 52.7 Å². The smallest absolute Gasteiger partial charge is 0.317 e. The fourth-order valence-corrected chi connectivity index (χ4v) is 2.37. The zero-order chi connectivity index (χ0) is 14.4. The van der Waals surface area contributed by atoms with Crippen molar-refractivity contribution < 1.29 is 9.59 Å². The van der Waals surface area contributed by atoms with Gasteiger partial charge in [-0.2, -0.15) is 0 Å². The van der Waals surface area contributed by atoms with Crippen molar-refractivity contribution in [2.24, 2.45) is 0 Å². The van der Waals surface area contributed by atoms with Crippen LogP contribution in [-0.2, 0) is 11.2 Å². The van der Waals surface area contributed by atoms with Crippen molar-refractivity contribution >= 4 is 28.4 Å². The van der Waals surface area contributed by atoms with Crippen LogP contribution in [0.4, 0.5) is 4.79 Å². The Labute approximate surface area is 127 Å². The molecule has 0 atom stereocenters. The number of rotatable bonds is 4. The number of benzene rings is 1. The van der Waals surface area contributed by atoms with Crippen LogP contribution in [0.1, 0.15) is 5.56 Å². The van der Waals surface area contributed by atoms with Gasteiger partial charge in [0.2, 0.25) is 6.41 Å². The molecule has 1 N–H and O–H groups in total. The van der Waals surface area contributed by atoms with Crippen molar-refractivity contribution in [3.8, 4) is 0 Å². The van der Waals surface area contributed by atoms with E-state index in [2.05, 4.69) is 21.2 Å². The standard InChI is InChI=1S/C14H18BrN3O2/c15-13-3-1-12(2-4-13)5-6-16-14(20)18-9-7-17(11-19)8-10-18/h1-4,11H,5-10H2,(H,16,20). The summed E-state index contributed by atoms with van der Waals surface area (Å²) in [6.45, 7) is 3.05. The highest BCUT2D eigenvalue weighted by atomic mass is 79.9. The minimum Gasteiger partial charge on any atom is -0.342 e. The van der Waals surface area contributed by atoms with Gasteiger partial charge in [0.05, 0.1) is 0 Å². The molecule has 1 aliphatic rings. The van der Waals surface area contributed by atoms with Crippen LogP contribution in [0.5, 0.6) is 0 Å². The Kier molecular flexibility index (Phi) is 5.40. The number of nitrogens with zero attached hydrogens (tertiary/aromatic N) is 2. The summed E-state index contributed by atoms with van der Waals surface area (Å²) < 4.78 is 1.05. The van der Waals surface area contributed by atoms with Crippen LogP contribution in [-0.4, -0.2) is 55.0 Å². The van der Waals surface area contributed by atoms with E-state index >= 15 is 0 Å². The Bertz CT molecular complexity index is 456. The van der Waals surface area contributed by atoms with Crippen LogP contribution in [0, 0.1) is 0 Å². The van der Waals surface area contributed by atoms with Gasteiger partial charge in [-0.3, -0.25) is 4.79 Å². The minimum absolute atomic E-state index is 0.0485. The van der Waals surface area contributed by atoms with Gasteiger partial charge in [0.15, 0.2) is 0 Å². The molecule has 1 aromatic rings. The number of halogens is 1. The first kappa shape index (κ1) is 14.8. The van der Waals surface area contributed by atoms with Crippen molar-refractivity contribution in [3.05, 3.63) is 34.3 Å². The highest BCUT2D eigenvalue weighted by Gasteiger charge is 2.19. The SMILES string of the molecule is O=CN1CCN(C(=O)NCCc2ccc(Br)cc2)CC1. The lowest BCUT2D eigenvalue weighted by atomic mass is 10.1. The maximum absolute atomic E-state index is 11.9. The van der Waals surface area contributed by atoms with Crippen LogP contribution in [0.15, 0.2) is 28.7 Å². The van der Waals surface area contributed by atoms with Gasteiger partial charge in [-0.05, 0) is 24.1 Å². The molecule has 108 valence electrons. The fourth-order valence-electron chi connectivity index (χ4n) is 2.11. The van der Waals surface area contributed by atoms with Gasteiger partial charge in [0.25, 0.3) is 0 Å². The van der Waals surface area contributed by atoms with Crippen LogP contribution >= 0.6 is 15.9 Å². The first-order chi connectivity index (χ1) is 9.69. The van der Waals surface area contributed by atoms with E-state index in [4.69, 9.17) is 0 Å². The lowest BCUT2D eigenvalue weighted by Gasteiger charge is -2.32. The van der Waals surface area contributed by atoms with Crippen LogP contribution in [0.25, 0.3) is 0 Å². The first-order valence-corrected chi connectivity index (χ1v) is 7.45. The Morgan fingerprint density at radius 1 is 1.20 bits per heavy atom. The Morgan fingerprint density at radius 2 is 1.85 bits per heavy atom. The van der Waals surface area contributed by atoms with Crippen molar-refractivity contribution in [1.29, 1.82) is 0 Å². The molecule has 6 heteroatoms. The number of nitrogens with one attached hydrogen (secondary N) is 1. The number of hydrogen-bond acceptors (Lipinski definition) is 2. The lowest BCUT2D eigenvalue weighted by molar-refractivity contribution is -0.119. The third kappa shape index (κ3) is 4.23. The Balaban J connectivity index is 1.70. The summed E-state index contributed by atoms with van der Waals surface area (Å²) >= 11 is 3.39. The molecule has 2 rings (SSSR count). The molecule has 5 nitrogen and oxygen atoms in total. The summed E-state index contributed by atoms with van der Waals surface area (Å²) in [5.74, 6) is 0. The molecular weight excluding hydrogens is 322 g/mol. The molecule has 0 unspecified atom stereocenters. The van der Waals surface area contributed by atoms with Gasteiger partial charge in [-0.15, -0.1) is 0 Å². The molecule has 20 heavy (non-hydrogen) atoms. The second-order valence-corrected chi connectivity index (χ2v) is 5.65. The van der Waals surface area contributed by atoms with Crippen LogP contribution in [0.3, 0.4) is 0 Å². The van der Waals surface area contributed by atoms with E-state index in [1.165, 1.54) is 5.56 Å². The molecule has 0 aromatic heterocycles. The molecule has 1 heterocycles. The van der Waals surface area contributed by atoms with E-state index in [1.807, 2.05) is 24.3 Å². The summed E-state index contributed by atoms with van der Waals surface area (Å²) in [5.41, 5.74) is 1.19. The van der Waals surface area contributed by atoms with Gasteiger partial charge in [0.1, 0.15) is 0 Å². The summed E-state index contributed by atoms with van der Waals surface area (Å²) in [5, 5.41) is 2.92. The second-order valence-electron chi connectivity index (χ2n) is 4.74. The van der Waals surface area contributed by atoms with E-state index < -0.39 is 0 Å². The minimum atomic E-state index is -0.0485. The normalized spacial score (nSPS) is 15.1. The van der Waals surface area contributed by atoms with Crippen molar-refractivity contribution in [2.75, 3.05) is 32.7 Å². The van der Waals surface area contributed by atoms with E-state index in [-0.39, 0.29) is 6.03 Å². The fraction of sp³-hybridized carbons (Fsp3) is 0.429. The van der Waals surface area contributed by atoms with Crippen molar-refractivity contribution in [2.45, 2.75) is 6.42 Å². The van der Waals surface area contributed by atoms with Crippen LogP contribution < -0.4 is 5.32 Å². The summed E-state index contributed by atoms with van der Waals surface area (Å²) in [6.07, 6.45) is 1.65. The predicted octanol–water partition coefficient (Wildman–Crippen LogP) is 1.48. The molecule has 1 fully saturated rings. The molecule has 3 amide bonds. The van der Waals surface area contributed by atoms with Crippen molar-refractivity contribution in [3.63, 3.8) is 0 Å². The average molecular weight is 340 g/mol. The third-order valence-electron chi connectivity index (χ3n) is 3.35. The monoisotopic (exact) mass is 339 g/mol. The number of carbonyl (C=O) groups is 2. The number of hydrogen-bond donors (Lipinski definition) is 1. The lowest BCUT2D eigenvalue weighted by Crippen LogP contribution is -2.51. The predicted molar refractivity (Wildman–Crippen MR) is 80.5 cm³/mol. The zero-order valence-electron chi connectivity index (χ0n) is 11.2. The quantitative estimate of drug-likeness (QED) is 0.844. The number of carbonyl (C=O) groups excluding carboxylic acids is 2. The van der Waals surface area contributed by atoms with Gasteiger partial charge in [-0.1, -0.05) is 28.1 Å². The van der Waals surface area contributed by atoms with Gasteiger partial charge < -0.3 is 15.1 Å². The van der Waals surface area contributed by atoms with Crippen LogP contribution in [0.2, 0.25) is 0 Å². The van der Waals surface area contributed by atoms with Gasteiger partial charge in [0, 0.05) is 37.2 Å². The van der Waals surface area contributed by atoms with E-state index in [9.17, 15) is 9.59 Å². The maximum atomic E-state index is 11.9. The first-order valence-electron chi connectivity index (χ1n) is 6.65. The van der Waals surface area contributed by atoms with E-state index in [0.29, 0.717) is 32.7 Å². The maximum Gasteiger partial charge on any atom is 0.317 e. The number of urea groups is 1. The summed E-state index contributed by atoms with van der Waals surface area (Å²) in [7, 11) is 0. The Morgan fingerprint density at radius 3 is 2.45 bits per heavy atom. The summed E-state index contributed by atoms with van der Waals surface area (Å²) in [6, 6.07) is 8.02. The molecular formula is C14H18BrN3O2. The number of amides is 3. The zero-order valence-corrected chi connectivity index (χ0v) is 12.8. The molecule has 0 saturated carbocycles. The van der Waals surface area contributed by atoms with Gasteiger partial charge in [-0.25, -0.2) is 4.79 Å². The third-order valence-corrected chi connectivity index (χ3v) is 3.88. The highest BCUT2D eigenvalue weighted by Crippen LogP contribution is 2.10. The second kappa shape index (κ2) is 7.28. The van der Waals surface area contributed by atoms with E-state index in [0.717, 1.165) is 17.3 Å². The van der Waals surface area contributed by atoms with E-state index in [1.54, 1.807) is 9.80 Å².